The van der Waals surface area contributed by atoms with Crippen LogP contribution in [0.15, 0.2) is 47.2 Å². The third-order valence-corrected chi connectivity index (χ3v) is 3.84. The van der Waals surface area contributed by atoms with Gasteiger partial charge in [-0.1, -0.05) is 44.4 Å². The fourth-order valence-electron chi connectivity index (χ4n) is 2.12. The van der Waals surface area contributed by atoms with E-state index in [9.17, 15) is 0 Å². The highest BCUT2D eigenvalue weighted by Crippen LogP contribution is 2.34. The molecule has 0 unspecified atom stereocenters. The van der Waals surface area contributed by atoms with Crippen LogP contribution in [0.1, 0.15) is 32.6 Å². The number of rotatable bonds is 7. The van der Waals surface area contributed by atoms with Crippen molar-refractivity contribution in [2.75, 3.05) is 6.61 Å². The first-order valence-electron chi connectivity index (χ1n) is 7.14. The highest BCUT2D eigenvalue weighted by Gasteiger charge is 2.08. The number of aromatic nitrogens is 1. The molecular formula is C17H20BrNO. The SMILES string of the molecule is CCCCCCOc1ccccc1-c1ccncc1Br. The van der Waals surface area contributed by atoms with Crippen LogP contribution in [0.2, 0.25) is 0 Å². The zero-order chi connectivity index (χ0) is 14.2. The number of benzene rings is 1. The van der Waals surface area contributed by atoms with Gasteiger partial charge in [-0.3, -0.25) is 4.98 Å². The van der Waals surface area contributed by atoms with E-state index in [0.717, 1.165) is 34.4 Å². The minimum Gasteiger partial charge on any atom is -0.493 e. The largest absolute Gasteiger partial charge is 0.493 e. The molecule has 1 aromatic carbocycles. The maximum absolute atomic E-state index is 5.95. The van der Waals surface area contributed by atoms with Crippen LogP contribution in [0.25, 0.3) is 11.1 Å². The predicted octanol–water partition coefficient (Wildman–Crippen LogP) is 5.47. The number of nitrogens with zero attached hydrogens (tertiary/aromatic N) is 1. The monoisotopic (exact) mass is 333 g/mol. The molecule has 2 aromatic rings. The van der Waals surface area contributed by atoms with Crippen LogP contribution >= 0.6 is 15.9 Å². The molecule has 0 amide bonds. The Bertz CT molecular complexity index is 542. The summed E-state index contributed by atoms with van der Waals surface area (Å²) in [6, 6.07) is 10.2. The van der Waals surface area contributed by atoms with Crippen molar-refractivity contribution in [3.05, 3.63) is 47.2 Å². The van der Waals surface area contributed by atoms with Crippen LogP contribution < -0.4 is 4.74 Å². The number of halogens is 1. The number of pyridine rings is 1. The summed E-state index contributed by atoms with van der Waals surface area (Å²) in [4.78, 5) is 4.11. The van der Waals surface area contributed by atoms with E-state index in [2.05, 4.69) is 33.9 Å². The molecule has 3 heteroatoms. The molecule has 0 spiro atoms. The van der Waals surface area contributed by atoms with E-state index in [4.69, 9.17) is 4.74 Å². The molecule has 20 heavy (non-hydrogen) atoms. The molecule has 1 aromatic heterocycles. The second-order valence-electron chi connectivity index (χ2n) is 4.76. The zero-order valence-electron chi connectivity index (χ0n) is 11.8. The van der Waals surface area contributed by atoms with Crippen molar-refractivity contribution < 1.29 is 4.74 Å². The van der Waals surface area contributed by atoms with Gasteiger partial charge in [-0.05, 0) is 34.5 Å². The Hall–Kier alpha value is -1.35. The van der Waals surface area contributed by atoms with Gasteiger partial charge in [-0.15, -0.1) is 0 Å². The maximum Gasteiger partial charge on any atom is 0.127 e. The van der Waals surface area contributed by atoms with Crippen molar-refractivity contribution >= 4 is 15.9 Å². The number of para-hydroxylation sites is 1. The normalized spacial score (nSPS) is 10.5. The van der Waals surface area contributed by atoms with Crippen molar-refractivity contribution in [2.24, 2.45) is 0 Å². The Morgan fingerprint density at radius 3 is 2.70 bits per heavy atom. The first kappa shape index (κ1) is 15.0. The van der Waals surface area contributed by atoms with Crippen molar-refractivity contribution in [3.63, 3.8) is 0 Å². The van der Waals surface area contributed by atoms with Gasteiger partial charge in [0.25, 0.3) is 0 Å². The Morgan fingerprint density at radius 1 is 1.05 bits per heavy atom. The summed E-state index contributed by atoms with van der Waals surface area (Å²) >= 11 is 3.55. The molecule has 1 heterocycles. The van der Waals surface area contributed by atoms with E-state index in [1.807, 2.05) is 30.5 Å². The molecule has 2 rings (SSSR count). The fourth-order valence-corrected chi connectivity index (χ4v) is 2.58. The summed E-state index contributed by atoms with van der Waals surface area (Å²) in [7, 11) is 0. The van der Waals surface area contributed by atoms with E-state index in [0.29, 0.717) is 0 Å². The van der Waals surface area contributed by atoms with E-state index in [1.54, 1.807) is 6.20 Å². The summed E-state index contributed by atoms with van der Waals surface area (Å²) in [6.45, 7) is 3.00. The van der Waals surface area contributed by atoms with Crippen molar-refractivity contribution in [2.45, 2.75) is 32.6 Å². The van der Waals surface area contributed by atoms with Crippen LogP contribution in [0, 0.1) is 0 Å². The summed E-state index contributed by atoms with van der Waals surface area (Å²) in [6.07, 6.45) is 8.49. The van der Waals surface area contributed by atoms with E-state index >= 15 is 0 Å². The quantitative estimate of drug-likeness (QED) is 0.626. The first-order valence-corrected chi connectivity index (χ1v) is 7.94. The lowest BCUT2D eigenvalue weighted by Gasteiger charge is -2.12. The molecule has 0 aliphatic heterocycles. The summed E-state index contributed by atoms with van der Waals surface area (Å²) in [5, 5.41) is 0. The lowest BCUT2D eigenvalue weighted by atomic mass is 10.1. The topological polar surface area (TPSA) is 22.1 Å². The summed E-state index contributed by atoms with van der Waals surface area (Å²) < 4.78 is 6.94. The van der Waals surface area contributed by atoms with Gasteiger partial charge in [-0.25, -0.2) is 0 Å². The van der Waals surface area contributed by atoms with Gasteiger partial charge < -0.3 is 4.74 Å². The minimum atomic E-state index is 0.777. The Kier molecular flexibility index (Phi) is 6.06. The Balaban J connectivity index is 2.09. The van der Waals surface area contributed by atoms with Gasteiger partial charge in [0.2, 0.25) is 0 Å². The maximum atomic E-state index is 5.95. The molecule has 0 saturated carbocycles. The van der Waals surface area contributed by atoms with Gasteiger partial charge in [0.15, 0.2) is 0 Å². The van der Waals surface area contributed by atoms with Gasteiger partial charge >= 0.3 is 0 Å². The van der Waals surface area contributed by atoms with Crippen LogP contribution in [0.4, 0.5) is 0 Å². The number of hydrogen-bond donors (Lipinski definition) is 0. The zero-order valence-corrected chi connectivity index (χ0v) is 13.4. The van der Waals surface area contributed by atoms with Crippen molar-refractivity contribution in [1.29, 1.82) is 0 Å². The Morgan fingerprint density at radius 2 is 1.90 bits per heavy atom. The molecule has 0 fully saturated rings. The standard InChI is InChI=1S/C17H20BrNO/c1-2-3-4-7-12-20-17-9-6-5-8-15(17)14-10-11-19-13-16(14)18/h5-6,8-11,13H,2-4,7,12H2,1H3. The molecule has 0 atom stereocenters. The third-order valence-electron chi connectivity index (χ3n) is 3.21. The van der Waals surface area contributed by atoms with Crippen LogP contribution in [-0.4, -0.2) is 11.6 Å². The predicted molar refractivity (Wildman–Crippen MR) is 87.0 cm³/mol. The van der Waals surface area contributed by atoms with Crippen LogP contribution in [-0.2, 0) is 0 Å². The van der Waals surface area contributed by atoms with Gasteiger partial charge in [0.1, 0.15) is 5.75 Å². The van der Waals surface area contributed by atoms with Crippen LogP contribution in [0.3, 0.4) is 0 Å². The molecule has 0 N–H and O–H groups in total. The third kappa shape index (κ3) is 4.07. The van der Waals surface area contributed by atoms with Gasteiger partial charge in [-0.2, -0.15) is 0 Å². The number of unbranched alkanes of at least 4 members (excludes halogenated alkanes) is 3. The van der Waals surface area contributed by atoms with E-state index < -0.39 is 0 Å². The smallest absolute Gasteiger partial charge is 0.127 e. The average molecular weight is 334 g/mol. The van der Waals surface area contributed by atoms with Crippen LogP contribution in [0.5, 0.6) is 5.75 Å². The van der Waals surface area contributed by atoms with E-state index in [1.165, 1.54) is 19.3 Å². The highest BCUT2D eigenvalue weighted by atomic mass is 79.9. The lowest BCUT2D eigenvalue weighted by molar-refractivity contribution is 0.306. The van der Waals surface area contributed by atoms with Gasteiger partial charge in [0.05, 0.1) is 6.61 Å². The van der Waals surface area contributed by atoms with Gasteiger partial charge in [0, 0.05) is 28.0 Å². The first-order chi connectivity index (χ1) is 9.83. The summed E-state index contributed by atoms with van der Waals surface area (Å²) in [5.74, 6) is 0.941. The fraction of sp³-hybridized carbons (Fsp3) is 0.353. The number of hydrogen-bond acceptors (Lipinski definition) is 2. The minimum absolute atomic E-state index is 0.777. The molecular weight excluding hydrogens is 314 g/mol. The second-order valence-corrected chi connectivity index (χ2v) is 5.62. The molecule has 0 aliphatic rings. The summed E-state index contributed by atoms with van der Waals surface area (Å²) in [5.41, 5.74) is 2.22. The number of ether oxygens (including phenoxy) is 1. The lowest BCUT2D eigenvalue weighted by Crippen LogP contribution is -1.99. The molecule has 0 radical (unpaired) electrons. The molecule has 0 saturated heterocycles. The van der Waals surface area contributed by atoms with Crippen molar-refractivity contribution in [3.8, 4) is 16.9 Å². The molecule has 0 aliphatic carbocycles. The molecule has 106 valence electrons. The Labute approximate surface area is 129 Å². The highest BCUT2D eigenvalue weighted by molar-refractivity contribution is 9.10. The molecule has 2 nitrogen and oxygen atoms in total. The van der Waals surface area contributed by atoms with E-state index in [-0.39, 0.29) is 0 Å². The van der Waals surface area contributed by atoms with Crippen molar-refractivity contribution in [1.82, 2.24) is 4.98 Å². The second kappa shape index (κ2) is 8.05. The average Bonchev–Trinajstić information content (AvgIpc) is 2.48. The molecule has 0 bridgehead atoms.